The molecular weight excluding hydrogens is 506 g/mol. The van der Waals surface area contributed by atoms with Crippen molar-refractivity contribution in [3.8, 4) is 11.1 Å². The minimum Gasteiger partial charge on any atom is -0.440 e. The van der Waals surface area contributed by atoms with E-state index in [1.165, 1.54) is 25.6 Å². The molecule has 8 nitrogen and oxygen atoms in total. The molecule has 0 saturated carbocycles. The van der Waals surface area contributed by atoms with E-state index in [1.807, 2.05) is 84.9 Å². The molecule has 4 aromatic rings. The van der Waals surface area contributed by atoms with Gasteiger partial charge in [-0.25, -0.2) is 19.7 Å². The third-order valence-corrected chi connectivity index (χ3v) is 7.24. The van der Waals surface area contributed by atoms with Crippen LogP contribution in [0.2, 0.25) is 0 Å². The smallest absolute Gasteiger partial charge is 0.417 e. The Morgan fingerprint density at radius 2 is 1.55 bits per heavy atom. The monoisotopic (exact) mass is 537 g/mol. The van der Waals surface area contributed by atoms with Crippen molar-refractivity contribution in [3.05, 3.63) is 120 Å². The highest BCUT2D eigenvalue weighted by molar-refractivity contribution is 5.99. The summed E-state index contributed by atoms with van der Waals surface area (Å²) in [5, 5.41) is 11.5. The van der Waals surface area contributed by atoms with Crippen molar-refractivity contribution in [1.29, 1.82) is 0 Å². The summed E-state index contributed by atoms with van der Waals surface area (Å²) in [6.45, 7) is 4.99. The molecule has 0 bridgehead atoms. The summed E-state index contributed by atoms with van der Waals surface area (Å²) in [6, 6.07) is 26.2. The van der Waals surface area contributed by atoms with Gasteiger partial charge in [0, 0.05) is 18.0 Å². The highest BCUT2D eigenvalue weighted by Gasteiger charge is 2.57. The van der Waals surface area contributed by atoms with E-state index in [-0.39, 0.29) is 12.2 Å². The van der Waals surface area contributed by atoms with E-state index in [4.69, 9.17) is 9.47 Å². The van der Waals surface area contributed by atoms with Crippen LogP contribution >= 0.6 is 0 Å². The van der Waals surface area contributed by atoms with Crippen LogP contribution in [0, 0.1) is 0 Å². The Bertz CT molecular complexity index is 1460. The summed E-state index contributed by atoms with van der Waals surface area (Å²) < 4.78 is 11.9. The van der Waals surface area contributed by atoms with Crippen LogP contribution in [0.4, 0.5) is 4.79 Å². The fourth-order valence-corrected chi connectivity index (χ4v) is 5.06. The lowest BCUT2D eigenvalue weighted by atomic mass is 9.88. The molecule has 1 N–H and O–H groups in total. The molecule has 5 rings (SSSR count). The number of rotatable bonds is 8. The summed E-state index contributed by atoms with van der Waals surface area (Å²) in [5.41, 5.74) is 1.02. The van der Waals surface area contributed by atoms with E-state index < -0.39 is 35.3 Å². The summed E-state index contributed by atoms with van der Waals surface area (Å²) in [5.74, 6) is -0.728. The molecule has 0 spiro atoms. The highest BCUT2D eigenvalue weighted by atomic mass is 16.6. The molecule has 2 heterocycles. The van der Waals surface area contributed by atoms with E-state index in [0.29, 0.717) is 0 Å². The lowest BCUT2D eigenvalue weighted by Gasteiger charge is -2.37. The number of imide groups is 1. The van der Waals surface area contributed by atoms with E-state index >= 15 is 0 Å². The molecule has 1 aromatic heterocycles. The lowest BCUT2D eigenvalue weighted by Crippen LogP contribution is -2.54. The number of benzene rings is 3. The Balaban J connectivity index is 1.48. The standard InChI is InChI=1S/C32H31N3O5/c1-31(2)27(25-12-8-5-9-13-25)35(30(38)40-31)29(37)32(3,28(36)26-18-33-21-34-19-26)39-20-22-14-16-24(17-15-22)23-10-6-4-7-11-23/h4-19,21,27-28,36H,20H2,1-3H3/t27-,28-,32-/m0/s1. The molecule has 2 amide bonds. The predicted molar refractivity (Wildman–Crippen MR) is 149 cm³/mol. The number of nitrogens with zero attached hydrogens (tertiary/aromatic N) is 3. The van der Waals surface area contributed by atoms with E-state index in [1.54, 1.807) is 13.8 Å². The Morgan fingerprint density at radius 3 is 2.17 bits per heavy atom. The van der Waals surface area contributed by atoms with Gasteiger partial charge in [-0.1, -0.05) is 84.9 Å². The average molecular weight is 538 g/mol. The molecular formula is C32H31N3O5. The predicted octanol–water partition coefficient (Wildman–Crippen LogP) is 5.65. The number of hydrogen-bond donors (Lipinski definition) is 1. The minimum absolute atomic E-state index is 0.00431. The van der Waals surface area contributed by atoms with E-state index in [9.17, 15) is 14.7 Å². The van der Waals surface area contributed by atoms with Crippen LogP contribution in [0.15, 0.2) is 104 Å². The Labute approximate surface area is 233 Å². The van der Waals surface area contributed by atoms with Crippen molar-refractivity contribution in [1.82, 2.24) is 14.9 Å². The summed E-state index contributed by atoms with van der Waals surface area (Å²) >= 11 is 0. The topological polar surface area (TPSA) is 102 Å². The van der Waals surface area contributed by atoms with Crippen LogP contribution in [-0.4, -0.2) is 43.2 Å². The molecule has 0 aliphatic carbocycles. The van der Waals surface area contributed by atoms with Crippen molar-refractivity contribution in [2.45, 2.75) is 50.7 Å². The number of carbonyl (C=O) groups excluding carboxylic acids is 2. The van der Waals surface area contributed by atoms with Gasteiger partial charge < -0.3 is 14.6 Å². The maximum absolute atomic E-state index is 14.3. The first-order valence-corrected chi connectivity index (χ1v) is 13.0. The first-order chi connectivity index (χ1) is 19.2. The van der Waals surface area contributed by atoms with Gasteiger partial charge in [0.15, 0.2) is 5.60 Å². The van der Waals surface area contributed by atoms with Crippen LogP contribution in [0.5, 0.6) is 0 Å². The van der Waals surface area contributed by atoms with E-state index in [0.717, 1.165) is 27.2 Å². The number of carbonyl (C=O) groups is 2. The fourth-order valence-electron chi connectivity index (χ4n) is 5.06. The minimum atomic E-state index is -1.88. The lowest BCUT2D eigenvalue weighted by molar-refractivity contribution is -0.175. The molecule has 3 atom stereocenters. The highest BCUT2D eigenvalue weighted by Crippen LogP contribution is 2.44. The van der Waals surface area contributed by atoms with Gasteiger partial charge in [-0.2, -0.15) is 0 Å². The molecule has 1 aliphatic heterocycles. The van der Waals surface area contributed by atoms with Crippen LogP contribution in [-0.2, 0) is 20.9 Å². The second kappa shape index (κ2) is 11.0. The van der Waals surface area contributed by atoms with Crippen LogP contribution in [0.1, 0.15) is 49.6 Å². The molecule has 1 aliphatic rings. The maximum atomic E-state index is 14.3. The number of aromatic nitrogens is 2. The van der Waals surface area contributed by atoms with Crippen LogP contribution < -0.4 is 0 Å². The van der Waals surface area contributed by atoms with Crippen molar-refractivity contribution in [2.24, 2.45) is 0 Å². The Hall–Kier alpha value is -4.40. The third-order valence-electron chi connectivity index (χ3n) is 7.24. The second-order valence-electron chi connectivity index (χ2n) is 10.5. The van der Waals surface area contributed by atoms with Gasteiger partial charge in [-0.05, 0) is 43.0 Å². The van der Waals surface area contributed by atoms with Gasteiger partial charge in [0.2, 0.25) is 0 Å². The Kier molecular flexibility index (Phi) is 7.47. The van der Waals surface area contributed by atoms with Gasteiger partial charge >= 0.3 is 6.09 Å². The average Bonchev–Trinajstić information content (AvgIpc) is 3.24. The van der Waals surface area contributed by atoms with Gasteiger partial charge in [0.25, 0.3) is 5.91 Å². The maximum Gasteiger partial charge on any atom is 0.417 e. The van der Waals surface area contributed by atoms with Crippen LogP contribution in [0.3, 0.4) is 0 Å². The summed E-state index contributed by atoms with van der Waals surface area (Å²) in [4.78, 5) is 36.5. The van der Waals surface area contributed by atoms with Crippen molar-refractivity contribution >= 4 is 12.0 Å². The molecule has 0 radical (unpaired) electrons. The molecule has 40 heavy (non-hydrogen) atoms. The zero-order chi connectivity index (χ0) is 28.3. The fraction of sp³-hybridized carbons (Fsp3) is 0.250. The number of ether oxygens (including phenoxy) is 2. The summed E-state index contributed by atoms with van der Waals surface area (Å²) in [7, 11) is 0. The molecule has 8 heteroatoms. The second-order valence-corrected chi connectivity index (χ2v) is 10.5. The van der Waals surface area contributed by atoms with Gasteiger partial charge in [-0.15, -0.1) is 0 Å². The Morgan fingerprint density at radius 1 is 0.975 bits per heavy atom. The van der Waals surface area contributed by atoms with Crippen molar-refractivity contribution < 1.29 is 24.2 Å². The molecule has 1 saturated heterocycles. The first-order valence-electron chi connectivity index (χ1n) is 13.0. The zero-order valence-corrected chi connectivity index (χ0v) is 22.6. The normalized spacial score (nSPS) is 18.6. The first kappa shape index (κ1) is 27.2. The number of amides is 2. The number of hydrogen-bond acceptors (Lipinski definition) is 7. The van der Waals surface area contributed by atoms with E-state index in [2.05, 4.69) is 9.97 Å². The quantitative estimate of drug-likeness (QED) is 0.310. The van der Waals surface area contributed by atoms with Crippen molar-refractivity contribution in [2.75, 3.05) is 0 Å². The van der Waals surface area contributed by atoms with Gasteiger partial charge in [0.1, 0.15) is 24.1 Å². The molecule has 1 fully saturated rings. The third kappa shape index (κ3) is 5.23. The molecule has 0 unspecified atom stereocenters. The van der Waals surface area contributed by atoms with Gasteiger partial charge in [-0.3, -0.25) is 4.79 Å². The van der Waals surface area contributed by atoms with Crippen molar-refractivity contribution in [3.63, 3.8) is 0 Å². The summed E-state index contributed by atoms with van der Waals surface area (Å²) in [6.07, 6.45) is 1.89. The molecule has 204 valence electrons. The number of aliphatic hydroxyl groups is 1. The largest absolute Gasteiger partial charge is 0.440 e. The number of aliphatic hydroxyl groups excluding tert-OH is 1. The van der Waals surface area contributed by atoms with Crippen LogP contribution in [0.25, 0.3) is 11.1 Å². The molecule has 3 aromatic carbocycles. The SMILES string of the molecule is CC1(C)OC(=O)N(C(=O)[C@@](C)(OCc2ccc(-c3ccccc3)cc2)[C@@H](O)c2cncnc2)[C@H]1c1ccccc1. The van der Waals surface area contributed by atoms with Gasteiger partial charge in [0.05, 0.1) is 6.61 Å². The number of cyclic esters (lactones) is 1. The zero-order valence-electron chi connectivity index (χ0n) is 22.6.